The molecule has 0 radical (unpaired) electrons. The first-order valence-electron chi connectivity index (χ1n) is 8.94. The number of rotatable bonds is 4. The lowest BCUT2D eigenvalue weighted by Crippen LogP contribution is -2.15. The Morgan fingerprint density at radius 3 is 2.72 bits per heavy atom. The van der Waals surface area contributed by atoms with Gasteiger partial charge in [0.1, 0.15) is 5.82 Å². The lowest BCUT2D eigenvalue weighted by molar-refractivity contribution is 0.193. The smallest absolute Gasteiger partial charge is 0.156 e. The zero-order valence-corrected chi connectivity index (χ0v) is 14.1. The summed E-state index contributed by atoms with van der Waals surface area (Å²) in [7, 11) is 0. The minimum absolute atomic E-state index is 0.325. The Labute approximate surface area is 146 Å². The predicted octanol–water partition coefficient (Wildman–Crippen LogP) is 2.44. The first-order valence-corrected chi connectivity index (χ1v) is 8.94. The van der Waals surface area contributed by atoms with Crippen molar-refractivity contribution in [3.63, 3.8) is 0 Å². The van der Waals surface area contributed by atoms with E-state index in [-0.39, 0.29) is 0 Å². The quantitative estimate of drug-likeness (QED) is 0.795. The van der Waals surface area contributed by atoms with Crippen molar-refractivity contribution in [3.05, 3.63) is 65.3 Å². The topological polar surface area (TPSA) is 68.6 Å². The predicted molar refractivity (Wildman–Crippen MR) is 92.5 cm³/mol. The summed E-state index contributed by atoms with van der Waals surface area (Å²) in [6.07, 6.45) is 7.37. The summed E-state index contributed by atoms with van der Waals surface area (Å²) in [6, 6.07) is 9.04. The van der Waals surface area contributed by atoms with Crippen LogP contribution in [0.1, 0.15) is 46.9 Å². The number of fused-ring (bicyclic) bond motifs is 1. The third kappa shape index (κ3) is 2.76. The summed E-state index contributed by atoms with van der Waals surface area (Å²) < 4.78 is 7.70. The number of hydrogen-bond acceptors (Lipinski definition) is 4. The van der Waals surface area contributed by atoms with Gasteiger partial charge in [0.25, 0.3) is 0 Å². The van der Waals surface area contributed by atoms with Gasteiger partial charge in [0.05, 0.1) is 19.0 Å². The Hall–Kier alpha value is -2.47. The molecule has 6 nitrogen and oxygen atoms in total. The number of nitrogens with zero attached hydrogens (tertiary/aromatic N) is 4. The number of hydrogen-bond donors (Lipinski definition) is 1. The summed E-state index contributed by atoms with van der Waals surface area (Å²) in [5.41, 5.74) is 3.93. The highest BCUT2D eigenvalue weighted by atomic mass is 16.5. The van der Waals surface area contributed by atoms with E-state index in [1.165, 1.54) is 11.1 Å². The normalized spacial score (nSPS) is 20.2. The number of aromatic amines is 1. The second-order valence-corrected chi connectivity index (χ2v) is 6.98. The molecule has 5 rings (SSSR count). The maximum absolute atomic E-state index is 5.54. The fourth-order valence-electron chi connectivity index (χ4n) is 3.96. The van der Waals surface area contributed by atoms with Gasteiger partial charge in [0.15, 0.2) is 5.82 Å². The van der Waals surface area contributed by atoms with Gasteiger partial charge >= 0.3 is 0 Å². The molecule has 1 aliphatic heterocycles. The molecule has 1 fully saturated rings. The molecule has 0 amide bonds. The van der Waals surface area contributed by atoms with Gasteiger partial charge in [-0.3, -0.25) is 0 Å². The van der Waals surface area contributed by atoms with E-state index in [2.05, 4.69) is 38.9 Å². The summed E-state index contributed by atoms with van der Waals surface area (Å²) in [4.78, 5) is 12.2. The Balaban J connectivity index is 1.48. The zero-order valence-electron chi connectivity index (χ0n) is 14.1. The molecule has 128 valence electrons. The van der Waals surface area contributed by atoms with Gasteiger partial charge in [0, 0.05) is 30.8 Å². The van der Waals surface area contributed by atoms with Crippen molar-refractivity contribution in [2.75, 3.05) is 13.2 Å². The molecule has 1 unspecified atom stereocenters. The number of aromatic nitrogens is 5. The third-order valence-corrected chi connectivity index (χ3v) is 5.29. The van der Waals surface area contributed by atoms with E-state index in [1.807, 2.05) is 6.20 Å². The molecule has 1 atom stereocenters. The molecule has 3 heterocycles. The van der Waals surface area contributed by atoms with Crippen LogP contribution in [-0.2, 0) is 24.0 Å². The highest BCUT2D eigenvalue weighted by Crippen LogP contribution is 2.32. The van der Waals surface area contributed by atoms with Crippen LogP contribution < -0.4 is 0 Å². The van der Waals surface area contributed by atoms with Crippen molar-refractivity contribution in [2.24, 2.45) is 0 Å². The van der Waals surface area contributed by atoms with Crippen LogP contribution in [0.3, 0.4) is 0 Å². The van der Waals surface area contributed by atoms with Gasteiger partial charge in [-0.25, -0.2) is 14.6 Å². The van der Waals surface area contributed by atoms with Gasteiger partial charge in [0.2, 0.25) is 0 Å². The minimum Gasteiger partial charge on any atom is -0.381 e. The van der Waals surface area contributed by atoms with Crippen LogP contribution in [0.25, 0.3) is 0 Å². The largest absolute Gasteiger partial charge is 0.381 e. The Bertz CT molecular complexity index is 839. The molecule has 1 N–H and O–H groups in total. The van der Waals surface area contributed by atoms with Gasteiger partial charge < -0.3 is 9.72 Å². The minimum atomic E-state index is 0.325. The molecule has 2 aliphatic rings. The van der Waals surface area contributed by atoms with E-state index in [1.54, 1.807) is 6.33 Å². The molecule has 1 aliphatic carbocycles. The Morgan fingerprint density at radius 1 is 1.20 bits per heavy atom. The van der Waals surface area contributed by atoms with Crippen molar-refractivity contribution in [3.8, 4) is 0 Å². The summed E-state index contributed by atoms with van der Waals surface area (Å²) in [5, 5.41) is 4.93. The van der Waals surface area contributed by atoms with Crippen LogP contribution in [0.2, 0.25) is 0 Å². The fourth-order valence-corrected chi connectivity index (χ4v) is 3.96. The van der Waals surface area contributed by atoms with E-state index in [4.69, 9.17) is 14.8 Å². The molecular formula is C19H21N5O. The highest BCUT2D eigenvalue weighted by Gasteiger charge is 2.29. The fraction of sp³-hybridized carbons (Fsp3) is 0.421. The first kappa shape index (κ1) is 14.8. The van der Waals surface area contributed by atoms with E-state index in [0.29, 0.717) is 12.0 Å². The highest BCUT2D eigenvalue weighted by molar-refractivity contribution is 5.33. The molecule has 6 heteroatoms. The molecule has 1 aromatic carbocycles. The Morgan fingerprint density at radius 2 is 2.04 bits per heavy atom. The monoisotopic (exact) mass is 335 g/mol. The summed E-state index contributed by atoms with van der Waals surface area (Å²) in [5.74, 6) is 2.28. The lowest BCUT2D eigenvalue weighted by atomic mass is 10.1. The van der Waals surface area contributed by atoms with E-state index in [9.17, 15) is 0 Å². The number of nitrogens with one attached hydrogen (secondary N) is 1. The zero-order chi connectivity index (χ0) is 16.6. The maximum Gasteiger partial charge on any atom is 0.156 e. The summed E-state index contributed by atoms with van der Waals surface area (Å²) >= 11 is 0. The number of ether oxygens (including phenoxy) is 1. The van der Waals surface area contributed by atoms with Crippen LogP contribution >= 0.6 is 0 Å². The number of benzene rings is 1. The molecule has 1 saturated heterocycles. The molecular weight excluding hydrogens is 314 g/mol. The van der Waals surface area contributed by atoms with E-state index >= 15 is 0 Å². The van der Waals surface area contributed by atoms with Crippen molar-refractivity contribution >= 4 is 0 Å². The molecule has 3 aromatic rings. The molecule has 0 bridgehead atoms. The number of H-pyrrole nitrogens is 1. The van der Waals surface area contributed by atoms with Crippen molar-refractivity contribution in [1.29, 1.82) is 0 Å². The van der Waals surface area contributed by atoms with Crippen LogP contribution in [0.15, 0.2) is 36.8 Å². The second-order valence-electron chi connectivity index (χ2n) is 6.98. The van der Waals surface area contributed by atoms with Crippen LogP contribution in [0, 0.1) is 0 Å². The van der Waals surface area contributed by atoms with Gasteiger partial charge in [-0.15, -0.1) is 0 Å². The maximum atomic E-state index is 5.54. The molecule has 25 heavy (non-hydrogen) atoms. The van der Waals surface area contributed by atoms with Gasteiger partial charge in [-0.05, 0) is 30.4 Å². The summed E-state index contributed by atoms with van der Waals surface area (Å²) in [6.45, 7) is 1.54. The number of imidazole rings is 1. The van der Waals surface area contributed by atoms with Gasteiger partial charge in [-0.1, -0.05) is 24.3 Å². The lowest BCUT2D eigenvalue weighted by Gasteiger charge is -2.12. The van der Waals surface area contributed by atoms with E-state index in [0.717, 1.165) is 56.2 Å². The average molecular weight is 335 g/mol. The van der Waals surface area contributed by atoms with Crippen LogP contribution in [0.4, 0.5) is 0 Å². The average Bonchev–Trinajstić information content (AvgIpc) is 3.41. The molecule has 2 aromatic heterocycles. The van der Waals surface area contributed by atoms with Crippen molar-refractivity contribution in [2.45, 2.75) is 37.6 Å². The Kier molecular flexibility index (Phi) is 3.63. The second kappa shape index (κ2) is 6.11. The molecule has 0 spiro atoms. The van der Waals surface area contributed by atoms with Crippen LogP contribution in [0.5, 0.6) is 0 Å². The van der Waals surface area contributed by atoms with E-state index < -0.39 is 0 Å². The molecule has 0 saturated carbocycles. The van der Waals surface area contributed by atoms with Crippen LogP contribution in [-0.4, -0.2) is 37.9 Å². The van der Waals surface area contributed by atoms with Crippen molar-refractivity contribution < 1.29 is 4.74 Å². The van der Waals surface area contributed by atoms with Gasteiger partial charge in [-0.2, -0.15) is 5.10 Å². The third-order valence-electron chi connectivity index (χ3n) is 5.29. The van der Waals surface area contributed by atoms with Crippen molar-refractivity contribution in [1.82, 2.24) is 24.7 Å². The standard InChI is InChI=1S/C19H21N5O/c1-2-4-14-8-17(7-13(14)3-1)24-18(9-16-10-20-12-21-16)22-19(23-24)15-5-6-25-11-15/h1-4,10,12,15,17H,5-9,11H2,(H,20,21). The SMILES string of the molecule is c1ccc2c(c1)CC(n1nc(C3CCOC3)nc1Cc1cnc[nH]1)C2. The first-order chi connectivity index (χ1) is 12.4.